The predicted molar refractivity (Wildman–Crippen MR) is 234 cm³/mol. The van der Waals surface area contributed by atoms with E-state index in [4.69, 9.17) is 15.0 Å². The summed E-state index contributed by atoms with van der Waals surface area (Å²) >= 11 is 0. The third kappa shape index (κ3) is 4.88. The summed E-state index contributed by atoms with van der Waals surface area (Å²) in [7, 11) is 0. The fraction of sp³-hybridized carbons (Fsp3) is 0.167. The highest BCUT2D eigenvalue weighted by molar-refractivity contribution is 5.86. The fourth-order valence-corrected chi connectivity index (χ4v) is 10.1. The van der Waals surface area contributed by atoms with E-state index < -0.39 is 0 Å². The van der Waals surface area contributed by atoms with E-state index in [0.29, 0.717) is 0 Å². The Morgan fingerprint density at radius 1 is 0.281 bits per heavy atom. The van der Waals surface area contributed by atoms with Gasteiger partial charge in [-0.25, -0.2) is 15.0 Å². The van der Waals surface area contributed by atoms with Gasteiger partial charge in [0, 0.05) is 49.6 Å². The monoisotopic (exact) mass is 733 g/mol. The number of fused-ring (bicyclic) bond motifs is 9. The zero-order valence-corrected chi connectivity index (χ0v) is 33.3. The lowest BCUT2D eigenvalue weighted by molar-refractivity contribution is 0.659. The van der Waals surface area contributed by atoms with Gasteiger partial charge in [-0.2, -0.15) is 0 Å². The van der Waals surface area contributed by atoms with Gasteiger partial charge in [0.05, 0.1) is 34.2 Å². The van der Waals surface area contributed by atoms with Gasteiger partial charge in [-0.3, -0.25) is 0 Å². The van der Waals surface area contributed by atoms with Crippen molar-refractivity contribution in [3.8, 4) is 78.7 Å². The van der Waals surface area contributed by atoms with Gasteiger partial charge in [-0.1, -0.05) is 157 Å². The molecule has 0 aliphatic heterocycles. The van der Waals surface area contributed by atoms with E-state index in [2.05, 4.69) is 193 Å². The largest absolute Gasteiger partial charge is 0.247 e. The van der Waals surface area contributed by atoms with Crippen LogP contribution in [0.1, 0.15) is 74.9 Å². The first-order valence-electron chi connectivity index (χ1n) is 20.1. The minimum absolute atomic E-state index is 0.0649. The Bertz CT molecular complexity index is 2860. The van der Waals surface area contributed by atoms with Crippen LogP contribution in [0.2, 0.25) is 0 Å². The van der Waals surface area contributed by atoms with Crippen LogP contribution in [0.3, 0.4) is 0 Å². The lowest BCUT2D eigenvalue weighted by Crippen LogP contribution is -2.15. The van der Waals surface area contributed by atoms with Crippen molar-refractivity contribution in [3.63, 3.8) is 0 Å². The van der Waals surface area contributed by atoms with E-state index in [-0.39, 0.29) is 16.2 Å². The summed E-state index contributed by atoms with van der Waals surface area (Å²) < 4.78 is 0. The Kier molecular flexibility index (Phi) is 7.00. The maximum Gasteiger partial charge on any atom is 0.0753 e. The summed E-state index contributed by atoms with van der Waals surface area (Å²) in [5, 5.41) is 0. The highest BCUT2D eigenvalue weighted by Gasteiger charge is 2.38. The van der Waals surface area contributed by atoms with Crippen LogP contribution in [0.15, 0.2) is 152 Å². The second-order valence-electron chi connectivity index (χ2n) is 17.7. The molecule has 3 heteroatoms. The quantitative estimate of drug-likeness (QED) is 0.181. The molecule has 0 spiro atoms. The minimum atomic E-state index is -0.0993. The molecule has 0 amide bonds. The van der Waals surface area contributed by atoms with E-state index in [9.17, 15) is 0 Å². The molecule has 0 saturated carbocycles. The summed E-state index contributed by atoms with van der Waals surface area (Å²) in [6, 6.07) is 55.3. The molecule has 3 heterocycles. The van der Waals surface area contributed by atoms with Crippen LogP contribution in [0.25, 0.3) is 78.7 Å². The molecule has 0 atom stereocenters. The van der Waals surface area contributed by atoms with Crippen LogP contribution >= 0.6 is 0 Å². The highest BCUT2D eigenvalue weighted by atomic mass is 14.8. The molecule has 0 bridgehead atoms. The molecule has 57 heavy (non-hydrogen) atoms. The zero-order chi connectivity index (χ0) is 38.8. The molecule has 3 aromatic heterocycles. The van der Waals surface area contributed by atoms with Gasteiger partial charge in [-0.15, -0.1) is 0 Å². The van der Waals surface area contributed by atoms with Gasteiger partial charge < -0.3 is 0 Å². The van der Waals surface area contributed by atoms with Crippen LogP contribution in [-0.4, -0.2) is 15.0 Å². The van der Waals surface area contributed by atoms with E-state index in [0.717, 1.165) is 62.0 Å². The topological polar surface area (TPSA) is 38.7 Å². The fourth-order valence-electron chi connectivity index (χ4n) is 10.1. The Morgan fingerprint density at radius 2 is 0.596 bits per heavy atom. The smallest absolute Gasteiger partial charge is 0.0753 e. The van der Waals surface area contributed by atoms with Gasteiger partial charge in [0.1, 0.15) is 0 Å². The standard InChI is InChI=1S/C54H43N3/c1-52(2)40-16-10-7-13-37(40)49-43(52)23-26-46(55-49)33-21-19-32(20-22-33)34-29-35(47-27-24-44-50(56-47)38-14-8-11-17-41(38)53(44,3)4)31-36(30-34)48-28-25-45-51(57-48)39-15-9-12-18-42(39)54(45,5)6/h7-31H,1-6H3. The number of benzene rings is 5. The summed E-state index contributed by atoms with van der Waals surface area (Å²) in [5.74, 6) is 0. The molecule has 3 nitrogen and oxygen atoms in total. The normalized spacial score (nSPS) is 15.6. The van der Waals surface area contributed by atoms with Crippen LogP contribution in [0, 0.1) is 0 Å². The third-order valence-electron chi connectivity index (χ3n) is 13.3. The molecule has 3 aliphatic carbocycles. The lowest BCUT2D eigenvalue weighted by Gasteiger charge is -2.21. The highest BCUT2D eigenvalue weighted by Crippen LogP contribution is 2.51. The maximum absolute atomic E-state index is 5.42. The first-order valence-corrected chi connectivity index (χ1v) is 20.1. The Balaban J connectivity index is 1.04. The molecular formula is C54H43N3. The van der Waals surface area contributed by atoms with Crippen LogP contribution in [-0.2, 0) is 16.2 Å². The van der Waals surface area contributed by atoms with Crippen molar-refractivity contribution in [2.75, 3.05) is 0 Å². The number of rotatable bonds is 4. The first-order chi connectivity index (χ1) is 27.5. The van der Waals surface area contributed by atoms with E-state index in [1.54, 1.807) is 0 Å². The average molecular weight is 734 g/mol. The summed E-state index contributed by atoms with van der Waals surface area (Å²) in [6.45, 7) is 13.8. The van der Waals surface area contributed by atoms with Crippen molar-refractivity contribution in [2.24, 2.45) is 0 Å². The molecule has 0 radical (unpaired) electrons. The van der Waals surface area contributed by atoms with Gasteiger partial charge in [0.15, 0.2) is 0 Å². The molecule has 8 aromatic rings. The second-order valence-corrected chi connectivity index (χ2v) is 17.7. The second kappa shape index (κ2) is 11.8. The van der Waals surface area contributed by atoms with E-state index in [1.165, 1.54) is 50.1 Å². The van der Waals surface area contributed by atoms with Gasteiger partial charge in [0.2, 0.25) is 0 Å². The van der Waals surface area contributed by atoms with Crippen molar-refractivity contribution in [1.82, 2.24) is 15.0 Å². The van der Waals surface area contributed by atoms with Crippen molar-refractivity contribution in [3.05, 3.63) is 185 Å². The van der Waals surface area contributed by atoms with Gasteiger partial charge in [0.25, 0.3) is 0 Å². The lowest BCUT2D eigenvalue weighted by atomic mass is 9.82. The molecule has 274 valence electrons. The first kappa shape index (κ1) is 33.9. The third-order valence-corrected chi connectivity index (χ3v) is 13.3. The summed E-state index contributed by atoms with van der Waals surface area (Å²) in [4.78, 5) is 16.1. The predicted octanol–water partition coefficient (Wildman–Crippen LogP) is 13.5. The van der Waals surface area contributed by atoms with Crippen molar-refractivity contribution < 1.29 is 0 Å². The summed E-state index contributed by atoms with van der Waals surface area (Å²) in [6.07, 6.45) is 0. The van der Waals surface area contributed by atoms with E-state index in [1.807, 2.05) is 0 Å². The molecule has 3 aliphatic rings. The maximum atomic E-state index is 5.42. The minimum Gasteiger partial charge on any atom is -0.247 e. The SMILES string of the molecule is CC1(C)c2ccccc2-c2nc(-c3ccc(-c4cc(-c5ccc6c(n5)-c5ccccc5C6(C)C)cc(-c5ccc6c(n5)-c5ccccc5C6(C)C)c4)cc3)ccc21. The number of nitrogens with zero attached hydrogens (tertiary/aromatic N) is 3. The van der Waals surface area contributed by atoms with Crippen molar-refractivity contribution in [1.29, 1.82) is 0 Å². The van der Waals surface area contributed by atoms with Crippen molar-refractivity contribution >= 4 is 0 Å². The Hall–Kier alpha value is -6.45. The van der Waals surface area contributed by atoms with Crippen LogP contribution in [0.5, 0.6) is 0 Å². The van der Waals surface area contributed by atoms with Gasteiger partial charge >= 0.3 is 0 Å². The summed E-state index contributed by atoms with van der Waals surface area (Å²) in [5.41, 5.74) is 22.9. The molecule has 5 aromatic carbocycles. The number of aromatic nitrogens is 3. The molecule has 0 N–H and O–H groups in total. The van der Waals surface area contributed by atoms with Gasteiger partial charge in [-0.05, 0) is 80.9 Å². The average Bonchev–Trinajstić information content (AvgIpc) is 3.72. The molecule has 0 unspecified atom stereocenters. The molecular weight excluding hydrogens is 691 g/mol. The van der Waals surface area contributed by atoms with Crippen LogP contribution < -0.4 is 0 Å². The van der Waals surface area contributed by atoms with Crippen molar-refractivity contribution in [2.45, 2.75) is 57.8 Å². The molecule has 11 rings (SSSR count). The Morgan fingerprint density at radius 3 is 0.982 bits per heavy atom. The number of hydrogen-bond donors (Lipinski definition) is 0. The number of hydrogen-bond acceptors (Lipinski definition) is 3. The molecule has 0 saturated heterocycles. The van der Waals surface area contributed by atoms with E-state index >= 15 is 0 Å². The molecule has 0 fully saturated rings. The Labute approximate surface area is 335 Å². The zero-order valence-electron chi connectivity index (χ0n) is 33.3. The number of pyridine rings is 3. The van der Waals surface area contributed by atoms with Crippen LogP contribution in [0.4, 0.5) is 0 Å².